The highest BCUT2D eigenvalue weighted by Gasteiger charge is 2.08. The van der Waals surface area contributed by atoms with Gasteiger partial charge in [0.2, 0.25) is 10.0 Å². The molecular weight excluding hydrogens is 290 g/mol. The molecular formula is C14H17N3O3S. The standard InChI is InChI=1S/C14H17N3O3S/c1-10-5-6-14(18)13(17-10)9-16-8-11-3-2-4-12(7-11)21(15,19)20/h2-7,16,18H,8-9H2,1H3,(H2,15,19,20). The zero-order valence-corrected chi connectivity index (χ0v) is 12.4. The van der Waals surface area contributed by atoms with E-state index >= 15 is 0 Å². The summed E-state index contributed by atoms with van der Waals surface area (Å²) in [6, 6.07) is 9.73. The average molecular weight is 307 g/mol. The van der Waals surface area contributed by atoms with Crippen LogP contribution in [-0.2, 0) is 23.1 Å². The molecule has 0 aliphatic rings. The third-order valence-corrected chi connectivity index (χ3v) is 3.85. The maximum atomic E-state index is 11.3. The fraction of sp³-hybridized carbons (Fsp3) is 0.214. The maximum absolute atomic E-state index is 11.3. The first-order chi connectivity index (χ1) is 9.86. The number of nitrogens with two attached hydrogens (primary N) is 1. The largest absolute Gasteiger partial charge is 0.506 e. The van der Waals surface area contributed by atoms with Crippen LogP contribution in [0.2, 0.25) is 0 Å². The van der Waals surface area contributed by atoms with Crippen LogP contribution in [0.25, 0.3) is 0 Å². The van der Waals surface area contributed by atoms with Crippen molar-refractivity contribution in [3.63, 3.8) is 0 Å². The molecule has 21 heavy (non-hydrogen) atoms. The Morgan fingerprint density at radius 2 is 2.00 bits per heavy atom. The Morgan fingerprint density at radius 1 is 1.24 bits per heavy atom. The predicted molar refractivity (Wildman–Crippen MR) is 79.0 cm³/mol. The monoisotopic (exact) mass is 307 g/mol. The number of hydrogen-bond donors (Lipinski definition) is 3. The van der Waals surface area contributed by atoms with Gasteiger partial charge in [-0.15, -0.1) is 0 Å². The number of rotatable bonds is 5. The number of hydrogen-bond acceptors (Lipinski definition) is 5. The smallest absolute Gasteiger partial charge is 0.238 e. The van der Waals surface area contributed by atoms with Crippen molar-refractivity contribution < 1.29 is 13.5 Å². The lowest BCUT2D eigenvalue weighted by molar-refractivity contribution is 0.459. The Morgan fingerprint density at radius 3 is 2.71 bits per heavy atom. The van der Waals surface area contributed by atoms with E-state index in [1.165, 1.54) is 12.1 Å². The SMILES string of the molecule is Cc1ccc(O)c(CNCc2cccc(S(N)(=O)=O)c2)n1. The van der Waals surface area contributed by atoms with Gasteiger partial charge in [0.05, 0.1) is 10.6 Å². The summed E-state index contributed by atoms with van der Waals surface area (Å²) >= 11 is 0. The molecule has 6 nitrogen and oxygen atoms in total. The van der Waals surface area contributed by atoms with Crippen LogP contribution in [0.1, 0.15) is 17.0 Å². The molecule has 0 unspecified atom stereocenters. The van der Waals surface area contributed by atoms with Crippen molar-refractivity contribution >= 4 is 10.0 Å². The second kappa shape index (κ2) is 6.21. The first-order valence-corrected chi connectivity index (χ1v) is 7.89. The van der Waals surface area contributed by atoms with E-state index in [4.69, 9.17) is 5.14 Å². The third-order valence-electron chi connectivity index (χ3n) is 2.94. The molecule has 0 saturated heterocycles. The second-order valence-electron chi connectivity index (χ2n) is 4.71. The van der Waals surface area contributed by atoms with Crippen LogP contribution < -0.4 is 10.5 Å². The molecule has 2 rings (SSSR count). The van der Waals surface area contributed by atoms with Gasteiger partial charge in [0, 0.05) is 18.8 Å². The highest BCUT2D eigenvalue weighted by atomic mass is 32.2. The minimum Gasteiger partial charge on any atom is -0.506 e. The fourth-order valence-corrected chi connectivity index (χ4v) is 2.47. The van der Waals surface area contributed by atoms with Gasteiger partial charge in [0.15, 0.2) is 0 Å². The molecule has 2 aromatic rings. The first-order valence-electron chi connectivity index (χ1n) is 6.34. The summed E-state index contributed by atoms with van der Waals surface area (Å²) in [6.45, 7) is 2.67. The molecule has 7 heteroatoms. The van der Waals surface area contributed by atoms with Crippen molar-refractivity contribution in [2.45, 2.75) is 24.9 Å². The fourth-order valence-electron chi connectivity index (χ4n) is 1.89. The topological polar surface area (TPSA) is 105 Å². The summed E-state index contributed by atoms with van der Waals surface area (Å²) < 4.78 is 22.6. The van der Waals surface area contributed by atoms with Crippen LogP contribution in [0, 0.1) is 6.92 Å². The molecule has 1 heterocycles. The number of nitrogens with zero attached hydrogens (tertiary/aromatic N) is 1. The molecule has 0 amide bonds. The number of primary sulfonamides is 1. The molecule has 0 fully saturated rings. The Bertz CT molecular complexity index is 745. The van der Waals surface area contributed by atoms with Gasteiger partial charge < -0.3 is 10.4 Å². The number of sulfonamides is 1. The minimum atomic E-state index is -3.69. The molecule has 1 aromatic heterocycles. The summed E-state index contributed by atoms with van der Waals surface area (Å²) in [4.78, 5) is 4.31. The van der Waals surface area contributed by atoms with Crippen LogP contribution >= 0.6 is 0 Å². The van der Waals surface area contributed by atoms with Crippen LogP contribution in [0.3, 0.4) is 0 Å². The molecule has 0 atom stereocenters. The van der Waals surface area contributed by atoms with Crippen molar-refractivity contribution in [2.24, 2.45) is 5.14 Å². The predicted octanol–water partition coefficient (Wildman–Crippen LogP) is 1.03. The van der Waals surface area contributed by atoms with Crippen LogP contribution in [-0.4, -0.2) is 18.5 Å². The van der Waals surface area contributed by atoms with Gasteiger partial charge in [-0.25, -0.2) is 13.6 Å². The molecule has 0 aliphatic carbocycles. The zero-order valence-electron chi connectivity index (χ0n) is 11.6. The molecule has 0 aliphatic heterocycles. The molecule has 0 spiro atoms. The first kappa shape index (κ1) is 15.4. The van der Waals surface area contributed by atoms with E-state index < -0.39 is 10.0 Å². The number of aromatic nitrogens is 1. The van der Waals surface area contributed by atoms with Gasteiger partial charge in [-0.05, 0) is 36.8 Å². The summed E-state index contributed by atoms with van der Waals surface area (Å²) in [5.74, 6) is 0.131. The molecule has 4 N–H and O–H groups in total. The summed E-state index contributed by atoms with van der Waals surface area (Å²) in [6.07, 6.45) is 0. The number of aromatic hydroxyl groups is 1. The number of nitrogens with one attached hydrogen (secondary N) is 1. The average Bonchev–Trinajstić information content (AvgIpc) is 2.42. The van der Waals surface area contributed by atoms with E-state index in [2.05, 4.69) is 10.3 Å². The van der Waals surface area contributed by atoms with Crippen molar-refractivity contribution in [1.82, 2.24) is 10.3 Å². The van der Waals surface area contributed by atoms with Gasteiger partial charge >= 0.3 is 0 Å². The Hall–Kier alpha value is -1.96. The number of pyridine rings is 1. The summed E-state index contributed by atoms with van der Waals surface area (Å²) in [5, 5.41) is 17.9. The maximum Gasteiger partial charge on any atom is 0.238 e. The van der Waals surface area contributed by atoms with E-state index in [1.807, 2.05) is 6.92 Å². The molecule has 0 radical (unpaired) electrons. The molecule has 1 aromatic carbocycles. The Balaban J connectivity index is 2.02. The lowest BCUT2D eigenvalue weighted by Crippen LogP contribution is -2.16. The van der Waals surface area contributed by atoms with Crippen LogP contribution in [0.4, 0.5) is 0 Å². The second-order valence-corrected chi connectivity index (χ2v) is 6.28. The van der Waals surface area contributed by atoms with Crippen molar-refractivity contribution in [2.75, 3.05) is 0 Å². The Kier molecular flexibility index (Phi) is 4.56. The molecule has 112 valence electrons. The summed E-state index contributed by atoms with van der Waals surface area (Å²) in [7, 11) is -3.69. The van der Waals surface area contributed by atoms with E-state index in [9.17, 15) is 13.5 Å². The van der Waals surface area contributed by atoms with Crippen molar-refractivity contribution in [3.8, 4) is 5.75 Å². The third kappa shape index (κ3) is 4.25. The van der Waals surface area contributed by atoms with E-state index in [0.29, 0.717) is 18.8 Å². The minimum absolute atomic E-state index is 0.0818. The molecule has 0 bridgehead atoms. The van der Waals surface area contributed by atoms with Gasteiger partial charge in [-0.3, -0.25) is 4.98 Å². The van der Waals surface area contributed by atoms with Crippen molar-refractivity contribution in [1.29, 1.82) is 0 Å². The van der Waals surface area contributed by atoms with Crippen LogP contribution in [0.15, 0.2) is 41.3 Å². The van der Waals surface area contributed by atoms with Crippen LogP contribution in [0.5, 0.6) is 5.75 Å². The van der Waals surface area contributed by atoms with E-state index in [1.54, 1.807) is 24.3 Å². The van der Waals surface area contributed by atoms with Gasteiger partial charge in [-0.1, -0.05) is 12.1 Å². The normalized spacial score (nSPS) is 11.5. The highest BCUT2D eigenvalue weighted by molar-refractivity contribution is 7.89. The van der Waals surface area contributed by atoms with Crippen molar-refractivity contribution in [3.05, 3.63) is 53.3 Å². The van der Waals surface area contributed by atoms with E-state index in [0.717, 1.165) is 11.3 Å². The lowest BCUT2D eigenvalue weighted by Gasteiger charge is -2.08. The zero-order chi connectivity index (χ0) is 15.5. The quantitative estimate of drug-likeness (QED) is 0.765. The van der Waals surface area contributed by atoms with Gasteiger partial charge in [-0.2, -0.15) is 0 Å². The number of benzene rings is 1. The Labute approximate surface area is 123 Å². The van der Waals surface area contributed by atoms with E-state index in [-0.39, 0.29) is 10.6 Å². The van der Waals surface area contributed by atoms with Gasteiger partial charge in [0.25, 0.3) is 0 Å². The lowest BCUT2D eigenvalue weighted by atomic mass is 10.2. The number of aryl methyl sites for hydroxylation is 1. The summed E-state index contributed by atoms with van der Waals surface area (Å²) in [5.41, 5.74) is 2.16. The van der Waals surface area contributed by atoms with Gasteiger partial charge in [0.1, 0.15) is 5.75 Å². The molecule has 0 saturated carbocycles. The highest BCUT2D eigenvalue weighted by Crippen LogP contribution is 2.15.